The largest absolute Gasteiger partial charge is 0.305 e. The fourth-order valence-corrected chi connectivity index (χ4v) is 3.92. The SMILES string of the molecule is Cc1ccc([N+](=O)[O-])cc1S(=O)(=O)N(C)N=Cc1cn2cc(Br)ccc2n1. The van der Waals surface area contributed by atoms with Crippen LogP contribution < -0.4 is 0 Å². The van der Waals surface area contributed by atoms with Gasteiger partial charge in [0.2, 0.25) is 0 Å². The molecule has 0 aliphatic heterocycles. The van der Waals surface area contributed by atoms with Crippen molar-refractivity contribution in [1.82, 2.24) is 13.8 Å². The van der Waals surface area contributed by atoms with E-state index in [9.17, 15) is 18.5 Å². The zero-order valence-corrected chi connectivity index (χ0v) is 16.7. The molecule has 0 spiro atoms. The monoisotopic (exact) mass is 451 g/mol. The third-order valence-corrected chi connectivity index (χ3v) is 6.05. The van der Waals surface area contributed by atoms with Crippen LogP contribution in [-0.4, -0.2) is 40.4 Å². The average Bonchev–Trinajstić information content (AvgIpc) is 3.01. The molecular weight excluding hydrogens is 438 g/mol. The second-order valence-electron chi connectivity index (χ2n) is 5.67. The van der Waals surface area contributed by atoms with Gasteiger partial charge in [-0.1, -0.05) is 6.07 Å². The molecule has 0 saturated heterocycles. The Balaban J connectivity index is 1.91. The summed E-state index contributed by atoms with van der Waals surface area (Å²) in [6.07, 6.45) is 4.82. The van der Waals surface area contributed by atoms with Crippen LogP contribution in [-0.2, 0) is 10.0 Å². The number of imidazole rings is 1. The van der Waals surface area contributed by atoms with Crippen molar-refractivity contribution in [2.45, 2.75) is 11.8 Å². The summed E-state index contributed by atoms with van der Waals surface area (Å²) in [6, 6.07) is 7.31. The summed E-state index contributed by atoms with van der Waals surface area (Å²) in [5.74, 6) is 0. The van der Waals surface area contributed by atoms with Gasteiger partial charge in [-0.3, -0.25) is 10.1 Å². The number of nitrogens with zero attached hydrogens (tertiary/aromatic N) is 5. The summed E-state index contributed by atoms with van der Waals surface area (Å²) < 4.78 is 28.9. The summed E-state index contributed by atoms with van der Waals surface area (Å²) in [7, 11) is -2.78. The second kappa shape index (κ2) is 7.08. The average molecular weight is 452 g/mol. The van der Waals surface area contributed by atoms with Gasteiger partial charge >= 0.3 is 0 Å². The number of nitro benzene ring substituents is 1. The zero-order valence-electron chi connectivity index (χ0n) is 14.3. The number of halogens is 1. The van der Waals surface area contributed by atoms with Crippen LogP contribution in [0.2, 0.25) is 0 Å². The van der Waals surface area contributed by atoms with Crippen molar-refractivity contribution in [3.63, 3.8) is 0 Å². The van der Waals surface area contributed by atoms with Gasteiger partial charge < -0.3 is 4.40 Å². The topological polar surface area (TPSA) is 110 Å². The summed E-state index contributed by atoms with van der Waals surface area (Å²) in [4.78, 5) is 14.4. The third kappa shape index (κ3) is 3.83. The van der Waals surface area contributed by atoms with Crippen molar-refractivity contribution in [3.8, 4) is 0 Å². The molecule has 11 heteroatoms. The maximum absolute atomic E-state index is 12.7. The van der Waals surface area contributed by atoms with Gasteiger partial charge in [0.15, 0.2) is 0 Å². The lowest BCUT2D eigenvalue weighted by molar-refractivity contribution is -0.385. The molecule has 0 saturated carbocycles. The Morgan fingerprint density at radius 3 is 2.74 bits per heavy atom. The van der Waals surface area contributed by atoms with Crippen molar-refractivity contribution in [2.75, 3.05) is 7.05 Å². The molecule has 3 rings (SSSR count). The van der Waals surface area contributed by atoms with Gasteiger partial charge in [0.05, 0.1) is 16.0 Å². The minimum Gasteiger partial charge on any atom is -0.305 e. The van der Waals surface area contributed by atoms with E-state index in [-0.39, 0.29) is 10.6 Å². The van der Waals surface area contributed by atoms with Gasteiger partial charge in [-0.15, -0.1) is 0 Å². The number of hydrogen-bond acceptors (Lipinski definition) is 6. The minimum absolute atomic E-state index is 0.171. The number of pyridine rings is 1. The molecule has 1 aromatic carbocycles. The standard InChI is InChI=1S/C16H14BrN5O4S/c1-11-3-5-14(22(23)24)7-15(11)27(25,26)20(2)18-8-13-10-21-9-12(17)4-6-16(21)19-13/h3-10H,1-2H3. The van der Waals surface area contributed by atoms with E-state index in [0.29, 0.717) is 16.9 Å². The number of fused-ring (bicyclic) bond motifs is 1. The first kappa shape index (κ1) is 19.0. The van der Waals surface area contributed by atoms with Gasteiger partial charge in [-0.05, 0) is 40.5 Å². The molecular formula is C16H14BrN5O4S. The molecule has 9 nitrogen and oxygen atoms in total. The fourth-order valence-electron chi connectivity index (χ4n) is 2.37. The van der Waals surface area contributed by atoms with Crippen LogP contribution in [0.3, 0.4) is 0 Å². The number of benzene rings is 1. The minimum atomic E-state index is -4.04. The van der Waals surface area contributed by atoms with E-state index in [0.717, 1.165) is 15.0 Å². The number of nitro groups is 1. The first-order valence-electron chi connectivity index (χ1n) is 7.61. The Kier molecular flexibility index (Phi) is 4.98. The Bertz CT molecular complexity index is 1170. The molecule has 0 aliphatic carbocycles. The van der Waals surface area contributed by atoms with Crippen LogP contribution in [0.25, 0.3) is 5.65 Å². The molecule has 0 amide bonds. The van der Waals surface area contributed by atoms with E-state index in [1.54, 1.807) is 23.6 Å². The Hall–Kier alpha value is -2.79. The molecule has 0 unspecified atom stereocenters. The van der Waals surface area contributed by atoms with Crippen LogP contribution in [0.15, 0.2) is 57.2 Å². The molecule has 0 N–H and O–H groups in total. The number of hydrogen-bond donors (Lipinski definition) is 0. The van der Waals surface area contributed by atoms with Crippen LogP contribution >= 0.6 is 15.9 Å². The predicted octanol–water partition coefficient (Wildman–Crippen LogP) is 2.97. The number of hydrazone groups is 1. The summed E-state index contributed by atoms with van der Waals surface area (Å²) in [5.41, 5.74) is 1.23. The summed E-state index contributed by atoms with van der Waals surface area (Å²) in [5, 5.41) is 14.9. The zero-order chi connectivity index (χ0) is 19.8. The molecule has 2 heterocycles. The van der Waals surface area contributed by atoms with Crippen molar-refractivity contribution in [2.24, 2.45) is 5.10 Å². The van der Waals surface area contributed by atoms with Crippen LogP contribution in [0.1, 0.15) is 11.3 Å². The lowest BCUT2D eigenvalue weighted by Crippen LogP contribution is -2.23. The molecule has 27 heavy (non-hydrogen) atoms. The predicted molar refractivity (Wildman–Crippen MR) is 103 cm³/mol. The van der Waals surface area contributed by atoms with Crippen molar-refractivity contribution in [3.05, 3.63) is 68.6 Å². The molecule has 3 aromatic rings. The fraction of sp³-hybridized carbons (Fsp3) is 0.125. The van der Waals surface area contributed by atoms with Crippen molar-refractivity contribution < 1.29 is 13.3 Å². The number of aryl methyl sites for hydroxylation is 1. The summed E-state index contributed by atoms with van der Waals surface area (Å²) in [6.45, 7) is 1.56. The number of sulfonamides is 1. The highest BCUT2D eigenvalue weighted by atomic mass is 79.9. The highest BCUT2D eigenvalue weighted by Crippen LogP contribution is 2.24. The Morgan fingerprint density at radius 2 is 2.04 bits per heavy atom. The molecule has 2 aromatic heterocycles. The van der Waals surface area contributed by atoms with E-state index in [2.05, 4.69) is 26.0 Å². The maximum Gasteiger partial charge on any atom is 0.279 e. The third-order valence-electron chi connectivity index (χ3n) is 3.79. The molecule has 0 aliphatic rings. The first-order valence-corrected chi connectivity index (χ1v) is 9.84. The van der Waals surface area contributed by atoms with Gasteiger partial charge in [-0.2, -0.15) is 17.9 Å². The molecule has 0 radical (unpaired) electrons. The maximum atomic E-state index is 12.7. The van der Waals surface area contributed by atoms with Crippen LogP contribution in [0.5, 0.6) is 0 Å². The smallest absolute Gasteiger partial charge is 0.279 e. The van der Waals surface area contributed by atoms with Crippen molar-refractivity contribution in [1.29, 1.82) is 0 Å². The lowest BCUT2D eigenvalue weighted by Gasteiger charge is -2.14. The number of non-ortho nitro benzene ring substituents is 1. The first-order chi connectivity index (χ1) is 12.7. The molecule has 140 valence electrons. The van der Waals surface area contributed by atoms with E-state index < -0.39 is 14.9 Å². The van der Waals surface area contributed by atoms with E-state index in [1.165, 1.54) is 25.4 Å². The van der Waals surface area contributed by atoms with E-state index >= 15 is 0 Å². The van der Waals surface area contributed by atoms with Gasteiger partial charge in [0, 0.05) is 36.0 Å². The van der Waals surface area contributed by atoms with Gasteiger partial charge in [-0.25, -0.2) is 4.98 Å². The Morgan fingerprint density at radius 1 is 1.30 bits per heavy atom. The molecule has 0 fully saturated rings. The highest BCUT2D eigenvalue weighted by molar-refractivity contribution is 9.10. The molecule has 0 bridgehead atoms. The van der Waals surface area contributed by atoms with Gasteiger partial charge in [0.25, 0.3) is 15.7 Å². The van der Waals surface area contributed by atoms with Crippen LogP contribution in [0.4, 0.5) is 5.69 Å². The Labute approximate surface area is 163 Å². The van der Waals surface area contributed by atoms with Crippen LogP contribution in [0, 0.1) is 17.0 Å². The quantitative estimate of drug-likeness (QED) is 0.336. The van der Waals surface area contributed by atoms with Gasteiger partial charge in [0.1, 0.15) is 11.3 Å². The lowest BCUT2D eigenvalue weighted by atomic mass is 10.2. The van der Waals surface area contributed by atoms with E-state index in [4.69, 9.17) is 0 Å². The normalized spacial score (nSPS) is 12.0. The summed E-state index contributed by atoms with van der Waals surface area (Å²) >= 11 is 3.36. The van der Waals surface area contributed by atoms with Crippen molar-refractivity contribution >= 4 is 43.5 Å². The van der Waals surface area contributed by atoms with E-state index in [1.807, 2.05) is 12.3 Å². The second-order valence-corrected chi connectivity index (χ2v) is 8.50. The highest BCUT2D eigenvalue weighted by Gasteiger charge is 2.24. The number of aromatic nitrogens is 2. The number of rotatable bonds is 5. The molecule has 0 atom stereocenters.